The van der Waals surface area contributed by atoms with Gasteiger partial charge >= 0.3 is 6.09 Å². The number of aromatic nitrogens is 4. The first kappa shape index (κ1) is 19.8. The lowest BCUT2D eigenvalue weighted by atomic mass is 10.2. The minimum Gasteiger partial charge on any atom is -0.450 e. The second-order valence-electron chi connectivity index (χ2n) is 6.12. The van der Waals surface area contributed by atoms with Crippen LogP contribution in [0, 0.1) is 13.8 Å². The normalized spacial score (nSPS) is 10.3. The van der Waals surface area contributed by atoms with E-state index in [0.717, 1.165) is 11.3 Å². The average molecular weight is 395 g/mol. The summed E-state index contributed by atoms with van der Waals surface area (Å²) in [5, 5.41) is 15.1. The van der Waals surface area contributed by atoms with Gasteiger partial charge in [-0.3, -0.25) is 15.2 Å². The Morgan fingerprint density at radius 3 is 2.45 bits per heavy atom. The molecule has 3 aromatic rings. The third kappa shape index (κ3) is 5.06. The van der Waals surface area contributed by atoms with Crippen molar-refractivity contribution in [3.63, 3.8) is 0 Å². The number of carbonyl (C=O) groups is 2. The number of nitrogens with zero attached hydrogens (tertiary/aromatic N) is 3. The Morgan fingerprint density at radius 1 is 1.07 bits per heavy atom. The summed E-state index contributed by atoms with van der Waals surface area (Å²) in [5.41, 5.74) is 3.65. The summed E-state index contributed by atoms with van der Waals surface area (Å²) in [4.78, 5) is 32.2. The minimum absolute atomic E-state index is 0.291. The fourth-order valence-corrected chi connectivity index (χ4v) is 2.44. The summed E-state index contributed by atoms with van der Waals surface area (Å²) in [5.74, 6) is -0.00280. The van der Waals surface area contributed by atoms with Gasteiger partial charge in [0.1, 0.15) is 0 Å². The van der Waals surface area contributed by atoms with E-state index >= 15 is 0 Å². The van der Waals surface area contributed by atoms with Crippen LogP contribution in [0.1, 0.15) is 28.7 Å². The van der Waals surface area contributed by atoms with Gasteiger partial charge in [-0.25, -0.2) is 14.8 Å². The summed E-state index contributed by atoms with van der Waals surface area (Å²) in [6.45, 7) is 5.69. The van der Waals surface area contributed by atoms with E-state index in [9.17, 15) is 9.59 Å². The first-order chi connectivity index (χ1) is 14.0. The molecule has 3 rings (SSSR count). The number of aryl methyl sites for hydroxylation is 1. The highest BCUT2D eigenvalue weighted by molar-refractivity contribution is 6.03. The molecule has 150 valence electrons. The Hall–Kier alpha value is -3.95. The highest BCUT2D eigenvalue weighted by atomic mass is 16.5. The van der Waals surface area contributed by atoms with Crippen molar-refractivity contribution in [1.82, 2.24) is 20.2 Å². The molecule has 10 nitrogen and oxygen atoms in total. The van der Waals surface area contributed by atoms with Crippen molar-refractivity contribution in [3.05, 3.63) is 53.6 Å². The summed E-state index contributed by atoms with van der Waals surface area (Å²) in [6.07, 6.45) is 2.45. The smallest absolute Gasteiger partial charge is 0.411 e. The largest absolute Gasteiger partial charge is 0.450 e. The Labute approximate surface area is 167 Å². The van der Waals surface area contributed by atoms with Gasteiger partial charge in [-0.2, -0.15) is 5.10 Å². The van der Waals surface area contributed by atoms with Crippen molar-refractivity contribution in [2.75, 3.05) is 22.6 Å². The van der Waals surface area contributed by atoms with E-state index < -0.39 is 6.09 Å². The molecule has 2 aromatic heterocycles. The standard InChI is InChI=1S/C19H21N7O3/c1-4-29-19(28)24-14-7-5-6-13(8-14)23-18-20-9-15(10-21-18)22-17(27)16-11(2)12(3)25-26-16/h5-10H,4H2,1-3H3,(H,22,27)(H,24,28)(H,25,26)(H,20,21,23). The molecule has 29 heavy (non-hydrogen) atoms. The van der Waals surface area contributed by atoms with Gasteiger partial charge in [0.25, 0.3) is 5.91 Å². The van der Waals surface area contributed by atoms with E-state index in [2.05, 4.69) is 36.1 Å². The molecular formula is C19H21N7O3. The number of H-pyrrole nitrogens is 1. The molecular weight excluding hydrogens is 374 g/mol. The molecule has 0 unspecified atom stereocenters. The predicted octanol–water partition coefficient (Wildman–Crippen LogP) is 3.38. The van der Waals surface area contributed by atoms with Crippen molar-refractivity contribution in [2.24, 2.45) is 0 Å². The molecule has 0 spiro atoms. The molecule has 0 saturated heterocycles. The summed E-state index contributed by atoms with van der Waals surface area (Å²) < 4.78 is 4.85. The zero-order valence-corrected chi connectivity index (χ0v) is 16.2. The fraction of sp³-hybridized carbons (Fsp3) is 0.211. The molecule has 4 N–H and O–H groups in total. The highest BCUT2D eigenvalue weighted by Crippen LogP contribution is 2.19. The number of hydrogen-bond acceptors (Lipinski definition) is 7. The van der Waals surface area contributed by atoms with Gasteiger partial charge in [-0.1, -0.05) is 6.07 Å². The van der Waals surface area contributed by atoms with E-state index in [1.165, 1.54) is 12.4 Å². The number of nitrogens with one attached hydrogen (secondary N) is 4. The van der Waals surface area contributed by atoms with E-state index in [4.69, 9.17) is 4.74 Å². The molecule has 0 saturated carbocycles. The summed E-state index contributed by atoms with van der Waals surface area (Å²) in [6, 6.07) is 7.03. The number of ether oxygens (including phenoxy) is 1. The van der Waals surface area contributed by atoms with Crippen molar-refractivity contribution in [2.45, 2.75) is 20.8 Å². The lowest BCUT2D eigenvalue weighted by molar-refractivity contribution is 0.102. The van der Waals surface area contributed by atoms with Crippen LogP contribution in [-0.4, -0.2) is 38.8 Å². The molecule has 2 amide bonds. The van der Waals surface area contributed by atoms with Crippen LogP contribution in [-0.2, 0) is 4.74 Å². The van der Waals surface area contributed by atoms with Crippen molar-refractivity contribution >= 4 is 35.0 Å². The summed E-state index contributed by atoms with van der Waals surface area (Å²) in [7, 11) is 0. The minimum atomic E-state index is -0.525. The topological polar surface area (TPSA) is 134 Å². The Morgan fingerprint density at radius 2 is 1.79 bits per heavy atom. The average Bonchev–Trinajstić information content (AvgIpc) is 3.03. The van der Waals surface area contributed by atoms with Gasteiger partial charge in [0.2, 0.25) is 5.95 Å². The van der Waals surface area contributed by atoms with Crippen LogP contribution in [0.2, 0.25) is 0 Å². The lowest BCUT2D eigenvalue weighted by Gasteiger charge is -2.09. The van der Waals surface area contributed by atoms with E-state index in [-0.39, 0.29) is 5.91 Å². The van der Waals surface area contributed by atoms with Gasteiger partial charge in [-0.15, -0.1) is 0 Å². The molecule has 10 heteroatoms. The quantitative estimate of drug-likeness (QED) is 0.502. The van der Waals surface area contributed by atoms with Gasteiger partial charge in [0.15, 0.2) is 5.69 Å². The van der Waals surface area contributed by atoms with E-state index in [0.29, 0.717) is 35.3 Å². The first-order valence-electron chi connectivity index (χ1n) is 8.92. The van der Waals surface area contributed by atoms with Gasteiger partial charge in [0, 0.05) is 22.6 Å². The van der Waals surface area contributed by atoms with Crippen molar-refractivity contribution < 1.29 is 14.3 Å². The van der Waals surface area contributed by atoms with Crippen LogP contribution in [0.4, 0.5) is 27.8 Å². The second kappa shape index (κ2) is 8.83. The number of carbonyl (C=O) groups excluding carboxylic acids is 2. The number of rotatable bonds is 6. The molecule has 0 aliphatic carbocycles. The zero-order valence-electron chi connectivity index (χ0n) is 16.2. The van der Waals surface area contributed by atoms with Gasteiger partial charge in [-0.05, 0) is 39.0 Å². The van der Waals surface area contributed by atoms with Crippen LogP contribution in [0.25, 0.3) is 0 Å². The highest BCUT2D eigenvalue weighted by Gasteiger charge is 2.14. The molecule has 0 aliphatic rings. The van der Waals surface area contributed by atoms with Crippen molar-refractivity contribution in [1.29, 1.82) is 0 Å². The zero-order chi connectivity index (χ0) is 20.8. The summed E-state index contributed by atoms with van der Waals surface area (Å²) >= 11 is 0. The first-order valence-corrected chi connectivity index (χ1v) is 8.92. The maximum Gasteiger partial charge on any atom is 0.411 e. The number of amides is 2. The molecule has 0 fully saturated rings. The van der Waals surface area contributed by atoms with Crippen LogP contribution >= 0.6 is 0 Å². The molecule has 1 aromatic carbocycles. The predicted molar refractivity (Wildman–Crippen MR) is 108 cm³/mol. The number of anilines is 4. The molecule has 0 atom stereocenters. The number of aromatic amines is 1. The number of benzene rings is 1. The van der Waals surface area contributed by atoms with Crippen LogP contribution in [0.3, 0.4) is 0 Å². The van der Waals surface area contributed by atoms with E-state index in [1.807, 2.05) is 13.8 Å². The third-order valence-corrected chi connectivity index (χ3v) is 4.02. The second-order valence-corrected chi connectivity index (χ2v) is 6.12. The molecule has 0 aliphatic heterocycles. The van der Waals surface area contributed by atoms with Gasteiger partial charge < -0.3 is 15.4 Å². The van der Waals surface area contributed by atoms with E-state index in [1.54, 1.807) is 31.2 Å². The maximum atomic E-state index is 12.3. The fourth-order valence-electron chi connectivity index (χ4n) is 2.44. The van der Waals surface area contributed by atoms with Crippen LogP contribution < -0.4 is 16.0 Å². The Bertz CT molecular complexity index is 1010. The monoisotopic (exact) mass is 395 g/mol. The maximum absolute atomic E-state index is 12.3. The Balaban J connectivity index is 1.63. The lowest BCUT2D eigenvalue weighted by Crippen LogP contribution is -2.14. The van der Waals surface area contributed by atoms with Crippen LogP contribution in [0.15, 0.2) is 36.7 Å². The Kier molecular flexibility index (Phi) is 6.03. The van der Waals surface area contributed by atoms with Gasteiger partial charge in [0.05, 0.1) is 24.7 Å². The molecule has 2 heterocycles. The van der Waals surface area contributed by atoms with Crippen LogP contribution in [0.5, 0.6) is 0 Å². The molecule has 0 bridgehead atoms. The van der Waals surface area contributed by atoms with Crippen molar-refractivity contribution in [3.8, 4) is 0 Å². The number of hydrogen-bond donors (Lipinski definition) is 4. The molecule has 0 radical (unpaired) electrons. The SMILES string of the molecule is CCOC(=O)Nc1cccc(Nc2ncc(NC(=O)c3n[nH]c(C)c3C)cn2)c1. The third-order valence-electron chi connectivity index (χ3n) is 4.02.